The van der Waals surface area contributed by atoms with Gasteiger partial charge in [-0.3, -0.25) is 9.59 Å². The second-order valence-electron chi connectivity index (χ2n) is 9.75. The summed E-state index contributed by atoms with van der Waals surface area (Å²) in [6, 6.07) is 18.4. The minimum absolute atomic E-state index is 0.0387. The van der Waals surface area contributed by atoms with Crippen LogP contribution in [-0.4, -0.2) is 67.7 Å². The van der Waals surface area contributed by atoms with Gasteiger partial charge in [0.15, 0.2) is 5.65 Å². The standard InChI is InChI=1S/C31H33N5O3/c1-3-23(4-2)30(38)34-18-20-35(21-19-34)31(39)26-16-17-32-29-28(26)27(15-10-22-8-6-5-7-9-22)33-36(29)24-11-13-25(37)14-12-24/h5-17,23,37H,3-4,18-21H2,1-2H3. The summed E-state index contributed by atoms with van der Waals surface area (Å²) in [4.78, 5) is 35.0. The van der Waals surface area contributed by atoms with E-state index in [0.717, 1.165) is 24.1 Å². The lowest BCUT2D eigenvalue weighted by Gasteiger charge is -2.36. The number of aromatic nitrogens is 3. The molecule has 0 saturated carbocycles. The monoisotopic (exact) mass is 523 g/mol. The highest BCUT2D eigenvalue weighted by Crippen LogP contribution is 2.28. The van der Waals surface area contributed by atoms with Crippen molar-refractivity contribution < 1.29 is 14.7 Å². The van der Waals surface area contributed by atoms with Crippen LogP contribution in [0.15, 0.2) is 66.9 Å². The molecule has 1 fully saturated rings. The van der Waals surface area contributed by atoms with Crippen molar-refractivity contribution in [3.05, 3.63) is 83.7 Å². The molecule has 0 bridgehead atoms. The molecule has 3 heterocycles. The van der Waals surface area contributed by atoms with E-state index in [4.69, 9.17) is 5.10 Å². The number of phenols is 1. The molecular weight excluding hydrogens is 490 g/mol. The maximum atomic E-state index is 13.9. The van der Waals surface area contributed by atoms with Gasteiger partial charge < -0.3 is 14.9 Å². The number of piperazine rings is 1. The van der Waals surface area contributed by atoms with E-state index < -0.39 is 0 Å². The highest BCUT2D eigenvalue weighted by atomic mass is 16.3. The van der Waals surface area contributed by atoms with Crippen LogP contribution in [0.5, 0.6) is 5.75 Å². The molecule has 0 spiro atoms. The SMILES string of the molecule is CCC(CC)C(=O)N1CCN(C(=O)c2ccnc3c2c(C=Cc2ccccc2)nn3-c2ccc(O)cc2)CC1. The summed E-state index contributed by atoms with van der Waals surface area (Å²) in [6.45, 7) is 6.11. The minimum Gasteiger partial charge on any atom is -0.508 e. The topological polar surface area (TPSA) is 91.6 Å². The Bertz CT molecular complexity index is 1480. The fourth-order valence-electron chi connectivity index (χ4n) is 5.07. The summed E-state index contributed by atoms with van der Waals surface area (Å²) in [5.41, 5.74) is 3.45. The van der Waals surface area contributed by atoms with E-state index in [-0.39, 0.29) is 23.5 Å². The van der Waals surface area contributed by atoms with Gasteiger partial charge in [0.1, 0.15) is 5.75 Å². The minimum atomic E-state index is -0.100. The van der Waals surface area contributed by atoms with Gasteiger partial charge >= 0.3 is 0 Å². The molecule has 200 valence electrons. The first-order valence-corrected chi connectivity index (χ1v) is 13.5. The molecule has 1 N–H and O–H groups in total. The van der Waals surface area contributed by atoms with Gasteiger partial charge in [-0.25, -0.2) is 9.67 Å². The summed E-state index contributed by atoms with van der Waals surface area (Å²) in [5, 5.41) is 15.3. The zero-order chi connectivity index (χ0) is 27.4. The van der Waals surface area contributed by atoms with Crippen molar-refractivity contribution in [3.8, 4) is 11.4 Å². The molecule has 8 heteroatoms. The molecule has 1 aliphatic rings. The fourth-order valence-corrected chi connectivity index (χ4v) is 5.07. The largest absolute Gasteiger partial charge is 0.508 e. The molecule has 0 radical (unpaired) electrons. The summed E-state index contributed by atoms with van der Waals surface area (Å²) in [5.74, 6) is 0.278. The first kappa shape index (κ1) is 26.2. The number of phenolic OH excluding ortho intramolecular Hbond substituents is 1. The second-order valence-corrected chi connectivity index (χ2v) is 9.75. The van der Waals surface area contributed by atoms with Crippen LogP contribution < -0.4 is 0 Å². The molecule has 4 aromatic rings. The Hall–Kier alpha value is -4.46. The summed E-state index contributed by atoms with van der Waals surface area (Å²) in [7, 11) is 0. The molecule has 8 nitrogen and oxygen atoms in total. The molecular formula is C31H33N5O3. The summed E-state index contributed by atoms with van der Waals surface area (Å²) < 4.78 is 1.70. The lowest BCUT2D eigenvalue weighted by Crippen LogP contribution is -2.51. The Morgan fingerprint density at radius 1 is 0.897 bits per heavy atom. The van der Waals surface area contributed by atoms with Crippen LogP contribution >= 0.6 is 0 Å². The van der Waals surface area contributed by atoms with Crippen molar-refractivity contribution in [2.24, 2.45) is 5.92 Å². The van der Waals surface area contributed by atoms with Gasteiger partial charge in [-0.1, -0.05) is 50.3 Å². The zero-order valence-electron chi connectivity index (χ0n) is 22.3. The van der Waals surface area contributed by atoms with Crippen molar-refractivity contribution >= 4 is 35.0 Å². The van der Waals surface area contributed by atoms with Crippen LogP contribution in [0.3, 0.4) is 0 Å². The summed E-state index contributed by atoms with van der Waals surface area (Å²) in [6.07, 6.45) is 7.15. The van der Waals surface area contributed by atoms with Crippen LogP contribution in [0.1, 0.15) is 48.3 Å². The van der Waals surface area contributed by atoms with Crippen LogP contribution in [0.4, 0.5) is 0 Å². The molecule has 0 unspecified atom stereocenters. The van der Waals surface area contributed by atoms with Crippen molar-refractivity contribution in [3.63, 3.8) is 0 Å². The lowest BCUT2D eigenvalue weighted by atomic mass is 10.0. The first-order valence-electron chi connectivity index (χ1n) is 13.5. The van der Waals surface area contributed by atoms with Gasteiger partial charge in [-0.05, 0) is 54.8 Å². The van der Waals surface area contributed by atoms with E-state index in [9.17, 15) is 14.7 Å². The van der Waals surface area contributed by atoms with Crippen molar-refractivity contribution in [1.82, 2.24) is 24.6 Å². The number of hydrogen-bond acceptors (Lipinski definition) is 5. The number of benzene rings is 2. The van der Waals surface area contributed by atoms with E-state index in [1.807, 2.05) is 66.1 Å². The normalized spacial score (nSPS) is 14.0. The molecule has 1 saturated heterocycles. The van der Waals surface area contributed by atoms with Gasteiger partial charge in [0.2, 0.25) is 5.91 Å². The van der Waals surface area contributed by atoms with E-state index in [1.165, 1.54) is 0 Å². The molecule has 1 aliphatic heterocycles. The Balaban J connectivity index is 1.49. The van der Waals surface area contributed by atoms with Crippen molar-refractivity contribution in [2.45, 2.75) is 26.7 Å². The molecule has 2 amide bonds. The third-order valence-electron chi connectivity index (χ3n) is 7.37. The fraction of sp³-hybridized carbons (Fsp3) is 0.290. The number of aromatic hydroxyl groups is 1. The number of rotatable bonds is 7. The first-order chi connectivity index (χ1) is 19.0. The van der Waals surface area contributed by atoms with Crippen LogP contribution in [0.25, 0.3) is 28.9 Å². The van der Waals surface area contributed by atoms with E-state index in [2.05, 4.69) is 4.98 Å². The van der Waals surface area contributed by atoms with Gasteiger partial charge in [-0.2, -0.15) is 5.10 Å². The number of amides is 2. The zero-order valence-corrected chi connectivity index (χ0v) is 22.3. The number of nitrogens with zero attached hydrogens (tertiary/aromatic N) is 5. The van der Waals surface area contributed by atoms with Gasteiger partial charge in [-0.15, -0.1) is 0 Å². The van der Waals surface area contributed by atoms with Crippen LogP contribution in [-0.2, 0) is 4.79 Å². The Morgan fingerprint density at radius 3 is 2.23 bits per heavy atom. The Morgan fingerprint density at radius 2 is 1.56 bits per heavy atom. The number of pyridine rings is 1. The highest BCUT2D eigenvalue weighted by molar-refractivity contribution is 6.08. The van der Waals surface area contributed by atoms with E-state index >= 15 is 0 Å². The van der Waals surface area contributed by atoms with Gasteiger partial charge in [0.05, 0.1) is 22.3 Å². The smallest absolute Gasteiger partial charge is 0.254 e. The van der Waals surface area contributed by atoms with Gasteiger partial charge in [0.25, 0.3) is 5.91 Å². The third kappa shape index (κ3) is 5.41. The molecule has 0 atom stereocenters. The van der Waals surface area contributed by atoms with Crippen LogP contribution in [0.2, 0.25) is 0 Å². The number of fused-ring (bicyclic) bond motifs is 1. The molecule has 39 heavy (non-hydrogen) atoms. The predicted molar refractivity (Wildman–Crippen MR) is 152 cm³/mol. The maximum Gasteiger partial charge on any atom is 0.254 e. The van der Waals surface area contributed by atoms with Crippen LogP contribution in [0, 0.1) is 5.92 Å². The molecule has 5 rings (SSSR count). The second kappa shape index (κ2) is 11.5. The number of hydrogen-bond donors (Lipinski definition) is 1. The highest BCUT2D eigenvalue weighted by Gasteiger charge is 2.29. The van der Waals surface area contributed by atoms with E-state index in [1.54, 1.807) is 41.2 Å². The average Bonchev–Trinajstić information content (AvgIpc) is 3.36. The molecule has 2 aromatic heterocycles. The Kier molecular flexibility index (Phi) is 7.72. The van der Waals surface area contributed by atoms with Crippen molar-refractivity contribution in [1.29, 1.82) is 0 Å². The van der Waals surface area contributed by atoms with E-state index in [0.29, 0.717) is 48.5 Å². The molecule has 2 aromatic carbocycles. The predicted octanol–water partition coefficient (Wildman–Crippen LogP) is 5.02. The van der Waals surface area contributed by atoms with Crippen molar-refractivity contribution in [2.75, 3.05) is 26.2 Å². The molecule has 0 aliphatic carbocycles. The van der Waals surface area contributed by atoms with Gasteiger partial charge in [0, 0.05) is 38.3 Å². The third-order valence-corrected chi connectivity index (χ3v) is 7.37. The lowest BCUT2D eigenvalue weighted by molar-refractivity contribution is -0.137. The average molecular weight is 524 g/mol. The Labute approximate surface area is 228 Å². The summed E-state index contributed by atoms with van der Waals surface area (Å²) >= 11 is 0. The quantitative estimate of drug-likeness (QED) is 0.367. The maximum absolute atomic E-state index is 13.9. The number of carbonyl (C=O) groups excluding carboxylic acids is 2. The number of carbonyl (C=O) groups is 2.